The first-order valence-electron chi connectivity index (χ1n) is 7.44. The van der Waals surface area contributed by atoms with Crippen LogP contribution in [0.5, 0.6) is 0 Å². The molecule has 0 saturated carbocycles. The summed E-state index contributed by atoms with van der Waals surface area (Å²) in [6, 6.07) is 0. The van der Waals surface area contributed by atoms with Crippen LogP contribution in [0, 0.1) is 0 Å². The van der Waals surface area contributed by atoms with Gasteiger partial charge in [-0.2, -0.15) is 0 Å². The van der Waals surface area contributed by atoms with Crippen molar-refractivity contribution in [3.05, 3.63) is 0 Å². The standard InChI is InChI=1S/C7H18O3Si.C4H12O3Si.C2H6/c1-5-8-11(4,9-6-2)10-7-3;1-5-8(4,6-2)7-3;1-2/h5-7H2,1-4H3;1-4H3;1-2H3. The molecule has 0 atom stereocenters. The molecule has 0 aliphatic rings. The van der Waals surface area contributed by atoms with Gasteiger partial charge in [0.2, 0.25) is 0 Å². The SMILES string of the molecule is CC.CCO[Si](C)(OCC)OCC.CO[Si](C)(OC)OC. The highest BCUT2D eigenvalue weighted by Gasteiger charge is 2.33. The summed E-state index contributed by atoms with van der Waals surface area (Å²) in [5.41, 5.74) is 0. The van der Waals surface area contributed by atoms with Crippen LogP contribution in [0.25, 0.3) is 0 Å². The first-order valence-corrected chi connectivity index (χ1v) is 11.9. The summed E-state index contributed by atoms with van der Waals surface area (Å²) in [7, 11) is 0.327. The predicted molar refractivity (Wildman–Crippen MR) is 90.5 cm³/mol. The van der Waals surface area contributed by atoms with Gasteiger partial charge < -0.3 is 26.6 Å². The van der Waals surface area contributed by atoms with E-state index in [1.807, 2.05) is 47.7 Å². The van der Waals surface area contributed by atoms with E-state index in [2.05, 4.69) is 0 Å². The first-order chi connectivity index (χ1) is 9.86. The van der Waals surface area contributed by atoms with Crippen LogP contribution >= 0.6 is 0 Å². The average molecular weight is 345 g/mol. The summed E-state index contributed by atoms with van der Waals surface area (Å²) in [5, 5.41) is 0. The van der Waals surface area contributed by atoms with E-state index in [0.29, 0.717) is 19.8 Å². The van der Waals surface area contributed by atoms with Gasteiger partial charge >= 0.3 is 17.6 Å². The van der Waals surface area contributed by atoms with E-state index in [4.69, 9.17) is 26.6 Å². The zero-order chi connectivity index (χ0) is 17.4. The molecule has 0 radical (unpaired) electrons. The minimum absolute atomic E-state index is 0.655. The third-order valence-electron chi connectivity index (χ3n) is 2.33. The summed E-state index contributed by atoms with van der Waals surface area (Å²) in [4.78, 5) is 0. The van der Waals surface area contributed by atoms with Crippen LogP contribution in [0.1, 0.15) is 34.6 Å². The van der Waals surface area contributed by atoms with Gasteiger partial charge in [-0.25, -0.2) is 0 Å². The van der Waals surface area contributed by atoms with Crippen LogP contribution in [0.15, 0.2) is 0 Å². The molecule has 0 amide bonds. The number of hydrogen-bond donors (Lipinski definition) is 0. The second kappa shape index (κ2) is 16.6. The van der Waals surface area contributed by atoms with Gasteiger partial charge in [-0.15, -0.1) is 0 Å². The second-order valence-corrected chi connectivity index (χ2v) is 9.18. The van der Waals surface area contributed by atoms with Gasteiger partial charge in [-0.05, 0) is 20.8 Å². The molecule has 0 fully saturated rings. The summed E-state index contributed by atoms with van der Waals surface area (Å²) < 4.78 is 31.0. The molecule has 21 heavy (non-hydrogen) atoms. The Hall–Kier alpha value is 0.194. The molecule has 8 heteroatoms. The Morgan fingerprint density at radius 1 is 0.571 bits per heavy atom. The second-order valence-electron chi connectivity index (χ2n) is 3.64. The summed E-state index contributed by atoms with van der Waals surface area (Å²) in [5.74, 6) is 0. The molecular weight excluding hydrogens is 308 g/mol. The highest BCUT2D eigenvalue weighted by atomic mass is 28.4. The largest absolute Gasteiger partial charge is 0.497 e. The molecule has 0 rings (SSSR count). The van der Waals surface area contributed by atoms with Crippen LogP contribution < -0.4 is 0 Å². The molecule has 0 aliphatic heterocycles. The van der Waals surface area contributed by atoms with Crippen molar-refractivity contribution in [2.45, 2.75) is 47.7 Å². The molecule has 0 unspecified atom stereocenters. The Kier molecular flexibility index (Phi) is 20.6. The summed E-state index contributed by atoms with van der Waals surface area (Å²) >= 11 is 0. The van der Waals surface area contributed by atoms with Crippen LogP contribution in [0.3, 0.4) is 0 Å². The van der Waals surface area contributed by atoms with Crippen LogP contribution in [-0.2, 0) is 26.6 Å². The van der Waals surface area contributed by atoms with E-state index >= 15 is 0 Å². The van der Waals surface area contributed by atoms with Crippen molar-refractivity contribution in [2.75, 3.05) is 41.2 Å². The molecule has 132 valence electrons. The molecule has 0 bridgehead atoms. The Balaban J connectivity index is -0.000000286. The van der Waals surface area contributed by atoms with Crippen LogP contribution in [0.4, 0.5) is 0 Å². The molecule has 0 N–H and O–H groups in total. The van der Waals surface area contributed by atoms with Gasteiger partial charge in [0.05, 0.1) is 0 Å². The lowest BCUT2D eigenvalue weighted by Crippen LogP contribution is -2.42. The Morgan fingerprint density at radius 2 is 0.810 bits per heavy atom. The predicted octanol–water partition coefficient (Wildman–Crippen LogP) is 3.19. The van der Waals surface area contributed by atoms with Gasteiger partial charge in [-0.3, -0.25) is 0 Å². The zero-order valence-electron chi connectivity index (χ0n) is 15.6. The molecule has 6 nitrogen and oxygen atoms in total. The molecule has 0 saturated heterocycles. The van der Waals surface area contributed by atoms with Crippen molar-refractivity contribution >= 4 is 17.6 Å². The molecular formula is C13H36O6Si2. The molecule has 0 aromatic rings. The maximum absolute atomic E-state index is 5.40. The van der Waals surface area contributed by atoms with E-state index in [0.717, 1.165) is 0 Å². The summed E-state index contributed by atoms with van der Waals surface area (Å²) in [6.07, 6.45) is 0. The summed E-state index contributed by atoms with van der Waals surface area (Å²) in [6.45, 7) is 15.6. The van der Waals surface area contributed by atoms with Crippen molar-refractivity contribution < 1.29 is 26.6 Å². The smallest absolute Gasteiger partial charge is 0.377 e. The highest BCUT2D eigenvalue weighted by molar-refractivity contribution is 6.59. The van der Waals surface area contributed by atoms with Crippen molar-refractivity contribution in [3.63, 3.8) is 0 Å². The third-order valence-corrected chi connectivity index (χ3v) is 7.00. The highest BCUT2D eigenvalue weighted by Crippen LogP contribution is 2.08. The molecule has 0 aliphatic carbocycles. The van der Waals surface area contributed by atoms with E-state index in [-0.39, 0.29) is 0 Å². The Bertz CT molecular complexity index is 178. The zero-order valence-corrected chi connectivity index (χ0v) is 17.6. The van der Waals surface area contributed by atoms with Crippen molar-refractivity contribution in [2.24, 2.45) is 0 Å². The minimum Gasteiger partial charge on any atom is -0.377 e. The van der Waals surface area contributed by atoms with Crippen LogP contribution in [0.2, 0.25) is 13.1 Å². The topological polar surface area (TPSA) is 55.4 Å². The molecule has 0 spiro atoms. The van der Waals surface area contributed by atoms with E-state index in [9.17, 15) is 0 Å². The number of hydrogen-bond acceptors (Lipinski definition) is 6. The van der Waals surface area contributed by atoms with Crippen molar-refractivity contribution in [1.29, 1.82) is 0 Å². The molecule has 0 aromatic heterocycles. The minimum atomic E-state index is -2.25. The Morgan fingerprint density at radius 3 is 0.905 bits per heavy atom. The molecule has 0 heterocycles. The lowest BCUT2D eigenvalue weighted by molar-refractivity contribution is 0.0783. The fraction of sp³-hybridized carbons (Fsp3) is 1.00. The molecule has 0 aromatic carbocycles. The van der Waals surface area contributed by atoms with Crippen molar-refractivity contribution in [3.8, 4) is 0 Å². The maximum atomic E-state index is 5.40. The fourth-order valence-corrected chi connectivity index (χ4v) is 3.48. The monoisotopic (exact) mass is 344 g/mol. The van der Waals surface area contributed by atoms with Crippen LogP contribution in [-0.4, -0.2) is 58.8 Å². The van der Waals surface area contributed by atoms with Crippen molar-refractivity contribution in [1.82, 2.24) is 0 Å². The first kappa shape index (κ1) is 26.1. The van der Waals surface area contributed by atoms with Gasteiger partial charge in [0, 0.05) is 54.2 Å². The van der Waals surface area contributed by atoms with E-state index in [1.54, 1.807) is 21.3 Å². The van der Waals surface area contributed by atoms with E-state index < -0.39 is 17.6 Å². The Labute approximate surface area is 133 Å². The average Bonchev–Trinajstić information content (AvgIpc) is 2.50. The van der Waals surface area contributed by atoms with E-state index in [1.165, 1.54) is 0 Å². The lowest BCUT2D eigenvalue weighted by Gasteiger charge is -2.23. The third kappa shape index (κ3) is 14.9. The quantitative estimate of drug-likeness (QED) is 0.599. The lowest BCUT2D eigenvalue weighted by atomic mass is 10.9. The van der Waals surface area contributed by atoms with Gasteiger partial charge in [0.1, 0.15) is 0 Å². The number of rotatable bonds is 9. The van der Waals surface area contributed by atoms with Gasteiger partial charge in [0.15, 0.2) is 0 Å². The fourth-order valence-electron chi connectivity index (χ4n) is 1.16. The maximum Gasteiger partial charge on any atom is 0.497 e. The normalized spacial score (nSPS) is 11.1. The van der Waals surface area contributed by atoms with Gasteiger partial charge in [0.25, 0.3) is 0 Å². The van der Waals surface area contributed by atoms with Gasteiger partial charge in [-0.1, -0.05) is 13.8 Å².